The van der Waals surface area contributed by atoms with E-state index in [4.69, 9.17) is 24.3 Å². The molecule has 8 nitrogen and oxygen atoms in total. The first-order chi connectivity index (χ1) is 22.4. The summed E-state index contributed by atoms with van der Waals surface area (Å²) in [4.78, 5) is 21.6. The van der Waals surface area contributed by atoms with Crippen LogP contribution in [0.2, 0.25) is 0 Å². The predicted octanol–water partition coefficient (Wildman–Crippen LogP) is 10.5. The minimum absolute atomic E-state index is 0.0958. The number of phosphoric ester groups is 1. The molecule has 9 heteroatoms. The van der Waals surface area contributed by atoms with Gasteiger partial charge < -0.3 is 20.1 Å². The average molecular weight is 674 g/mol. The van der Waals surface area contributed by atoms with Gasteiger partial charge in [0, 0.05) is 19.6 Å². The Balaban J connectivity index is 3.57. The molecule has 3 N–H and O–H groups in total. The maximum Gasteiger partial charge on any atom is 0.472 e. The Labute approximate surface area is 283 Å². The van der Waals surface area contributed by atoms with E-state index in [-0.39, 0.29) is 38.8 Å². The largest absolute Gasteiger partial charge is 0.472 e. The Bertz CT molecular complexity index is 762. The molecule has 2 unspecified atom stereocenters. The lowest BCUT2D eigenvalue weighted by molar-refractivity contribution is -0.154. The fourth-order valence-electron chi connectivity index (χ4n) is 5.12. The lowest BCUT2D eigenvalue weighted by Crippen LogP contribution is -2.28. The lowest BCUT2D eigenvalue weighted by Gasteiger charge is -2.19. The minimum atomic E-state index is -4.24. The number of rotatable bonds is 36. The molecule has 0 saturated heterocycles. The molecule has 2 atom stereocenters. The molecular formula is C37H72NO7P. The summed E-state index contributed by atoms with van der Waals surface area (Å²) < 4.78 is 32.6. The van der Waals surface area contributed by atoms with Gasteiger partial charge >= 0.3 is 13.8 Å². The highest BCUT2D eigenvalue weighted by molar-refractivity contribution is 7.47. The highest BCUT2D eigenvalue weighted by Crippen LogP contribution is 2.43. The van der Waals surface area contributed by atoms with Crippen molar-refractivity contribution in [2.75, 3.05) is 33.0 Å². The summed E-state index contributed by atoms with van der Waals surface area (Å²) in [7, 11) is -4.24. The number of nitrogens with two attached hydrogens (primary N) is 1. The molecule has 0 aliphatic rings. The summed E-state index contributed by atoms with van der Waals surface area (Å²) in [6.45, 7) is 4.54. The molecule has 272 valence electrons. The van der Waals surface area contributed by atoms with Gasteiger partial charge in [-0.05, 0) is 44.9 Å². The zero-order valence-electron chi connectivity index (χ0n) is 29.8. The van der Waals surface area contributed by atoms with Crippen LogP contribution in [0.5, 0.6) is 0 Å². The first-order valence-electron chi connectivity index (χ1n) is 18.8. The number of hydrogen-bond acceptors (Lipinski definition) is 7. The van der Waals surface area contributed by atoms with Crippen LogP contribution in [0.15, 0.2) is 24.3 Å². The van der Waals surface area contributed by atoms with Crippen molar-refractivity contribution < 1.29 is 32.8 Å². The second-order valence-corrected chi connectivity index (χ2v) is 13.9. The van der Waals surface area contributed by atoms with Crippen LogP contribution < -0.4 is 5.73 Å². The van der Waals surface area contributed by atoms with Gasteiger partial charge in [-0.1, -0.05) is 141 Å². The van der Waals surface area contributed by atoms with Gasteiger partial charge in [0.1, 0.15) is 6.10 Å². The highest BCUT2D eigenvalue weighted by atomic mass is 31.2. The molecule has 0 rings (SSSR count). The van der Waals surface area contributed by atoms with Crippen LogP contribution >= 0.6 is 7.82 Å². The molecule has 0 saturated carbocycles. The zero-order valence-corrected chi connectivity index (χ0v) is 30.7. The molecule has 0 spiro atoms. The van der Waals surface area contributed by atoms with Crippen molar-refractivity contribution in [1.82, 2.24) is 0 Å². The minimum Gasteiger partial charge on any atom is -0.457 e. The molecule has 0 fully saturated rings. The van der Waals surface area contributed by atoms with E-state index in [9.17, 15) is 14.3 Å². The third-order valence-electron chi connectivity index (χ3n) is 7.84. The molecule has 46 heavy (non-hydrogen) atoms. The van der Waals surface area contributed by atoms with E-state index in [1.165, 1.54) is 122 Å². The number of phosphoric acid groups is 1. The summed E-state index contributed by atoms with van der Waals surface area (Å²) in [6.07, 6.45) is 37.9. The molecule has 0 bridgehead atoms. The summed E-state index contributed by atoms with van der Waals surface area (Å²) in [5.41, 5.74) is 5.29. The summed E-state index contributed by atoms with van der Waals surface area (Å²) >= 11 is 0. The number of unbranched alkanes of at least 4 members (excludes halogenated alkanes) is 19. The normalized spacial score (nSPS) is 13.9. The number of ether oxygens (including phenoxy) is 2. The van der Waals surface area contributed by atoms with Crippen LogP contribution in [0, 0.1) is 0 Å². The van der Waals surface area contributed by atoms with Gasteiger partial charge in [0.15, 0.2) is 0 Å². The van der Waals surface area contributed by atoms with Gasteiger partial charge in [-0.25, -0.2) is 4.57 Å². The molecular weight excluding hydrogens is 601 g/mol. The maximum absolute atomic E-state index is 11.9. The first kappa shape index (κ1) is 45.0. The van der Waals surface area contributed by atoms with Gasteiger partial charge in [0.05, 0.1) is 19.8 Å². The van der Waals surface area contributed by atoms with Gasteiger partial charge in [0.25, 0.3) is 0 Å². The standard InChI is InChI=1S/C37H72NO7P/c1-3-5-6-7-8-9-10-11-12-13-14-15-16-17-18-19-20-21-22-23-24-25-26-27-28-29-32-42-34-36(45-37(39)30-4-2)35-44-46(40,41)43-33-31-38/h10-11,13-14,36H,3-9,12,15-35,38H2,1-2H3,(H,40,41)/b11-10-,14-13-. The lowest BCUT2D eigenvalue weighted by atomic mass is 10.0. The Kier molecular flexibility index (Phi) is 34.5. The molecule has 0 aromatic rings. The van der Waals surface area contributed by atoms with Gasteiger partial charge in [-0.15, -0.1) is 0 Å². The van der Waals surface area contributed by atoms with Crippen molar-refractivity contribution in [3.05, 3.63) is 24.3 Å². The van der Waals surface area contributed by atoms with Crippen LogP contribution in [-0.2, 0) is 27.9 Å². The van der Waals surface area contributed by atoms with E-state index >= 15 is 0 Å². The Morgan fingerprint density at radius 2 is 1.15 bits per heavy atom. The number of esters is 1. The van der Waals surface area contributed by atoms with Crippen LogP contribution in [0.4, 0.5) is 0 Å². The molecule has 0 heterocycles. The van der Waals surface area contributed by atoms with Gasteiger partial charge in [-0.2, -0.15) is 0 Å². The van der Waals surface area contributed by atoms with Crippen molar-refractivity contribution >= 4 is 13.8 Å². The maximum atomic E-state index is 11.9. The van der Waals surface area contributed by atoms with Crippen LogP contribution in [0.3, 0.4) is 0 Å². The third kappa shape index (κ3) is 34.3. The van der Waals surface area contributed by atoms with Crippen molar-refractivity contribution in [1.29, 1.82) is 0 Å². The van der Waals surface area contributed by atoms with E-state index in [1.54, 1.807) is 0 Å². The predicted molar refractivity (Wildman–Crippen MR) is 192 cm³/mol. The fraction of sp³-hybridized carbons (Fsp3) is 0.865. The summed E-state index contributed by atoms with van der Waals surface area (Å²) in [5.74, 6) is -0.383. The van der Waals surface area contributed by atoms with Crippen LogP contribution in [0.25, 0.3) is 0 Å². The number of allylic oxidation sites excluding steroid dienone is 4. The third-order valence-corrected chi connectivity index (χ3v) is 8.83. The SMILES string of the molecule is CCCCCCC/C=C\C/C=C\CCCCCCCCCCCCCCCCOCC(COP(=O)(O)OCCN)OC(=O)CCC. The topological polar surface area (TPSA) is 117 Å². The number of hydrogen-bond donors (Lipinski definition) is 2. The highest BCUT2D eigenvalue weighted by Gasteiger charge is 2.25. The van der Waals surface area contributed by atoms with E-state index in [2.05, 4.69) is 31.2 Å². The smallest absolute Gasteiger partial charge is 0.457 e. The van der Waals surface area contributed by atoms with Gasteiger partial charge in [0.2, 0.25) is 0 Å². The van der Waals surface area contributed by atoms with E-state index < -0.39 is 13.9 Å². The fourth-order valence-corrected chi connectivity index (χ4v) is 5.89. The van der Waals surface area contributed by atoms with Crippen LogP contribution in [-0.4, -0.2) is 49.9 Å². The number of carbonyl (C=O) groups excluding carboxylic acids is 1. The average Bonchev–Trinajstić information content (AvgIpc) is 3.04. The summed E-state index contributed by atoms with van der Waals surface area (Å²) in [6, 6.07) is 0. The van der Waals surface area contributed by atoms with E-state index in [1.807, 2.05) is 6.92 Å². The molecule has 0 aliphatic carbocycles. The Morgan fingerprint density at radius 3 is 1.65 bits per heavy atom. The van der Waals surface area contributed by atoms with E-state index in [0.717, 1.165) is 19.3 Å². The van der Waals surface area contributed by atoms with Crippen molar-refractivity contribution in [2.24, 2.45) is 5.73 Å². The van der Waals surface area contributed by atoms with Crippen molar-refractivity contribution in [3.63, 3.8) is 0 Å². The molecule has 0 aromatic heterocycles. The second kappa shape index (κ2) is 35.3. The molecule has 0 aliphatic heterocycles. The summed E-state index contributed by atoms with van der Waals surface area (Å²) in [5, 5.41) is 0. The quantitative estimate of drug-likeness (QED) is 0.0292. The molecule has 0 amide bonds. The Hall–Kier alpha value is -1.02. The van der Waals surface area contributed by atoms with E-state index in [0.29, 0.717) is 13.0 Å². The molecule has 0 aromatic carbocycles. The Morgan fingerprint density at radius 1 is 0.652 bits per heavy atom. The monoisotopic (exact) mass is 674 g/mol. The van der Waals surface area contributed by atoms with Gasteiger partial charge in [-0.3, -0.25) is 13.8 Å². The zero-order chi connectivity index (χ0) is 33.8. The molecule has 0 radical (unpaired) electrons. The number of carbonyl (C=O) groups is 1. The van der Waals surface area contributed by atoms with Crippen molar-refractivity contribution in [3.8, 4) is 0 Å². The second-order valence-electron chi connectivity index (χ2n) is 12.4. The van der Waals surface area contributed by atoms with Crippen molar-refractivity contribution in [2.45, 2.75) is 174 Å². The first-order valence-corrected chi connectivity index (χ1v) is 20.3. The van der Waals surface area contributed by atoms with Crippen LogP contribution in [0.1, 0.15) is 168 Å².